The Labute approximate surface area is 178 Å². The van der Waals surface area contributed by atoms with Gasteiger partial charge in [0.05, 0.1) is 13.2 Å². The van der Waals surface area contributed by atoms with Gasteiger partial charge in [-0.3, -0.25) is 9.59 Å². The van der Waals surface area contributed by atoms with Crippen LogP contribution in [0.4, 0.5) is 0 Å². The average Bonchev–Trinajstić information content (AvgIpc) is 2.94. The summed E-state index contributed by atoms with van der Waals surface area (Å²) in [7, 11) is 3.04. The molecule has 0 aliphatic heterocycles. The number of carbonyl (C=O) groups excluding carboxylic acids is 3. The van der Waals surface area contributed by atoms with E-state index >= 15 is 0 Å². The largest absolute Gasteiger partial charge is 0.464 e. The lowest BCUT2D eigenvalue weighted by atomic mass is 9.99. The highest BCUT2D eigenvalue weighted by Crippen LogP contribution is 2.25. The molecule has 0 bridgehead atoms. The summed E-state index contributed by atoms with van der Waals surface area (Å²) in [5.74, 6) is -0.938. The lowest BCUT2D eigenvalue weighted by molar-refractivity contribution is -0.128. The summed E-state index contributed by atoms with van der Waals surface area (Å²) in [6, 6.07) is 8.65. The number of ether oxygens (including phenoxy) is 1. The monoisotopic (exact) mass is 410 g/mol. The molecule has 0 saturated carbocycles. The van der Waals surface area contributed by atoms with E-state index in [0.29, 0.717) is 22.5 Å². The molecule has 6 heteroatoms. The summed E-state index contributed by atoms with van der Waals surface area (Å²) >= 11 is 0. The van der Waals surface area contributed by atoms with Crippen LogP contribution in [0.15, 0.2) is 36.4 Å². The topological polar surface area (TPSA) is 68.6 Å². The maximum absolute atomic E-state index is 13.4. The van der Waals surface area contributed by atoms with Crippen LogP contribution in [0, 0.1) is 13.8 Å². The molecule has 0 aliphatic rings. The Morgan fingerprint density at radius 3 is 2.20 bits per heavy atom. The number of methoxy groups -OCH3 is 1. The lowest BCUT2D eigenvalue weighted by Gasteiger charge is -2.31. The van der Waals surface area contributed by atoms with Gasteiger partial charge >= 0.3 is 5.97 Å². The molecule has 160 valence electrons. The third-order valence-corrected chi connectivity index (χ3v) is 5.38. The first-order valence-corrected chi connectivity index (χ1v) is 9.95. The number of benzene rings is 1. The number of rotatable bonds is 7. The van der Waals surface area contributed by atoms with Gasteiger partial charge < -0.3 is 14.2 Å². The van der Waals surface area contributed by atoms with Gasteiger partial charge in [-0.05, 0) is 51.8 Å². The molecule has 0 spiro atoms. The molecule has 0 unspecified atom stereocenters. The number of ketones is 1. The lowest BCUT2D eigenvalue weighted by Crippen LogP contribution is -2.46. The molecule has 0 saturated heterocycles. The Bertz CT molecular complexity index is 971. The summed E-state index contributed by atoms with van der Waals surface area (Å²) in [6.45, 7) is 9.00. The Balaban J connectivity index is 2.37. The van der Waals surface area contributed by atoms with E-state index in [-0.39, 0.29) is 17.7 Å². The van der Waals surface area contributed by atoms with E-state index < -0.39 is 12.0 Å². The van der Waals surface area contributed by atoms with Crippen LogP contribution >= 0.6 is 0 Å². The van der Waals surface area contributed by atoms with Gasteiger partial charge in [-0.1, -0.05) is 30.3 Å². The SMILES string of the molecule is COC(=O)c1c(C)c(C(=O)[C@@H](C)N(C(=O)/C=C/c2ccccc2)C(C)C)c(C)n1C. The van der Waals surface area contributed by atoms with Crippen LogP contribution < -0.4 is 0 Å². The number of esters is 1. The van der Waals surface area contributed by atoms with E-state index in [0.717, 1.165) is 5.56 Å². The molecule has 0 radical (unpaired) electrons. The van der Waals surface area contributed by atoms with Crippen molar-refractivity contribution in [1.29, 1.82) is 0 Å². The number of hydrogen-bond acceptors (Lipinski definition) is 4. The highest BCUT2D eigenvalue weighted by atomic mass is 16.5. The Morgan fingerprint density at radius 2 is 1.67 bits per heavy atom. The van der Waals surface area contributed by atoms with Crippen molar-refractivity contribution >= 4 is 23.7 Å². The molecular weight excluding hydrogens is 380 g/mol. The van der Waals surface area contributed by atoms with E-state index in [1.54, 1.807) is 43.4 Å². The number of nitrogens with zero attached hydrogens (tertiary/aromatic N) is 2. The van der Waals surface area contributed by atoms with Crippen LogP contribution in [0.2, 0.25) is 0 Å². The molecule has 0 aliphatic carbocycles. The van der Waals surface area contributed by atoms with Crippen molar-refractivity contribution in [3.05, 3.63) is 64.5 Å². The quantitative estimate of drug-likeness (QED) is 0.394. The normalized spacial score (nSPS) is 12.3. The van der Waals surface area contributed by atoms with Crippen molar-refractivity contribution < 1.29 is 19.1 Å². The summed E-state index contributed by atoms with van der Waals surface area (Å²) in [4.78, 5) is 40.1. The second-order valence-corrected chi connectivity index (χ2v) is 7.61. The standard InChI is InChI=1S/C24H30N2O4/c1-15(2)26(20(27)14-13-19-11-9-8-10-12-19)18(5)23(28)21-16(3)22(24(29)30-7)25(6)17(21)4/h8-15,18H,1-7H3/b14-13+/t18-/m1/s1. The molecule has 0 N–H and O–H groups in total. The van der Waals surface area contributed by atoms with Gasteiger partial charge in [0.25, 0.3) is 0 Å². The Morgan fingerprint density at radius 1 is 1.07 bits per heavy atom. The maximum Gasteiger partial charge on any atom is 0.354 e. The van der Waals surface area contributed by atoms with Gasteiger partial charge in [0.2, 0.25) is 5.91 Å². The molecular formula is C24H30N2O4. The van der Waals surface area contributed by atoms with Crippen molar-refractivity contribution in [2.45, 2.75) is 46.7 Å². The number of aromatic nitrogens is 1. The van der Waals surface area contributed by atoms with Crippen molar-refractivity contribution in [1.82, 2.24) is 9.47 Å². The van der Waals surface area contributed by atoms with Gasteiger partial charge in [0.1, 0.15) is 5.69 Å². The van der Waals surface area contributed by atoms with E-state index in [1.807, 2.05) is 44.2 Å². The average molecular weight is 411 g/mol. The molecule has 0 fully saturated rings. The zero-order valence-electron chi connectivity index (χ0n) is 18.7. The second-order valence-electron chi connectivity index (χ2n) is 7.61. The predicted octanol–water partition coefficient (Wildman–Crippen LogP) is 3.95. The maximum atomic E-state index is 13.4. The van der Waals surface area contributed by atoms with Gasteiger partial charge in [-0.25, -0.2) is 4.79 Å². The van der Waals surface area contributed by atoms with Crippen molar-refractivity contribution in [2.24, 2.45) is 7.05 Å². The molecule has 1 aromatic heterocycles. The molecule has 1 atom stereocenters. The highest BCUT2D eigenvalue weighted by molar-refractivity contribution is 6.07. The van der Waals surface area contributed by atoms with Gasteiger partial charge in [-0.2, -0.15) is 0 Å². The molecule has 1 amide bonds. The fraction of sp³-hybridized carbons (Fsp3) is 0.375. The zero-order valence-corrected chi connectivity index (χ0v) is 18.7. The van der Waals surface area contributed by atoms with Crippen LogP contribution in [-0.4, -0.2) is 46.3 Å². The molecule has 2 rings (SSSR count). The predicted molar refractivity (Wildman–Crippen MR) is 117 cm³/mol. The summed E-state index contributed by atoms with van der Waals surface area (Å²) < 4.78 is 6.52. The van der Waals surface area contributed by atoms with Crippen molar-refractivity contribution in [3.8, 4) is 0 Å². The van der Waals surface area contributed by atoms with Crippen LogP contribution in [-0.2, 0) is 16.6 Å². The molecule has 30 heavy (non-hydrogen) atoms. The van der Waals surface area contributed by atoms with Crippen LogP contribution in [0.25, 0.3) is 6.08 Å². The first-order chi connectivity index (χ1) is 14.1. The molecule has 1 aromatic carbocycles. The van der Waals surface area contributed by atoms with E-state index in [1.165, 1.54) is 13.2 Å². The fourth-order valence-corrected chi connectivity index (χ4v) is 3.77. The first-order valence-electron chi connectivity index (χ1n) is 9.95. The van der Waals surface area contributed by atoms with Gasteiger partial charge in [-0.15, -0.1) is 0 Å². The smallest absolute Gasteiger partial charge is 0.354 e. The highest BCUT2D eigenvalue weighted by Gasteiger charge is 2.32. The van der Waals surface area contributed by atoms with E-state index in [9.17, 15) is 14.4 Å². The van der Waals surface area contributed by atoms with Crippen molar-refractivity contribution in [3.63, 3.8) is 0 Å². The summed E-state index contributed by atoms with van der Waals surface area (Å²) in [5.41, 5.74) is 2.94. The summed E-state index contributed by atoms with van der Waals surface area (Å²) in [6.07, 6.45) is 3.23. The van der Waals surface area contributed by atoms with E-state index in [4.69, 9.17) is 4.74 Å². The molecule has 6 nitrogen and oxygen atoms in total. The van der Waals surface area contributed by atoms with E-state index in [2.05, 4.69) is 0 Å². The Kier molecular flexibility index (Phi) is 7.38. The van der Waals surface area contributed by atoms with Gasteiger partial charge in [0, 0.05) is 30.4 Å². The van der Waals surface area contributed by atoms with Gasteiger partial charge in [0.15, 0.2) is 5.78 Å². The first kappa shape index (κ1) is 23.1. The van der Waals surface area contributed by atoms with Crippen molar-refractivity contribution in [2.75, 3.05) is 7.11 Å². The number of carbonyl (C=O) groups is 3. The minimum atomic E-state index is -0.691. The third-order valence-electron chi connectivity index (χ3n) is 5.38. The Hall–Kier alpha value is -3.15. The number of amides is 1. The molecule has 1 heterocycles. The molecule has 2 aromatic rings. The number of Topliss-reactive ketones (excluding diaryl/α,β-unsaturated/α-hetero) is 1. The fourth-order valence-electron chi connectivity index (χ4n) is 3.77. The number of hydrogen-bond donors (Lipinski definition) is 0. The second kappa shape index (κ2) is 9.57. The van der Waals surface area contributed by atoms with Crippen LogP contribution in [0.1, 0.15) is 58.4 Å². The minimum Gasteiger partial charge on any atom is -0.464 e. The zero-order chi connectivity index (χ0) is 22.6. The summed E-state index contributed by atoms with van der Waals surface area (Å²) in [5, 5.41) is 0. The van der Waals surface area contributed by atoms with Crippen LogP contribution in [0.5, 0.6) is 0 Å². The third kappa shape index (κ3) is 4.53. The van der Waals surface area contributed by atoms with Crippen LogP contribution in [0.3, 0.4) is 0 Å². The minimum absolute atomic E-state index is 0.179.